The summed E-state index contributed by atoms with van der Waals surface area (Å²) >= 11 is 4.73. The first-order chi connectivity index (χ1) is 10.1. The summed E-state index contributed by atoms with van der Waals surface area (Å²) in [4.78, 5) is 26.7. The molecule has 0 atom stereocenters. The van der Waals surface area contributed by atoms with Crippen LogP contribution in [0.5, 0.6) is 0 Å². The summed E-state index contributed by atoms with van der Waals surface area (Å²) in [6, 6.07) is 9.25. The summed E-state index contributed by atoms with van der Waals surface area (Å²) in [5.41, 5.74) is 5.70. The Balaban J connectivity index is 1.71. The molecular formula is C14H10BrN3O2S. The Kier molecular flexibility index (Phi) is 3.76. The first-order valence-electron chi connectivity index (χ1n) is 6.06. The van der Waals surface area contributed by atoms with E-state index in [0.29, 0.717) is 11.3 Å². The summed E-state index contributed by atoms with van der Waals surface area (Å²) in [5.74, 6) is -0.750. The largest absolute Gasteiger partial charge is 0.356 e. The van der Waals surface area contributed by atoms with Crippen LogP contribution in [0.3, 0.4) is 0 Å². The second-order valence-electron chi connectivity index (χ2n) is 4.29. The Morgan fingerprint density at radius 2 is 1.90 bits per heavy atom. The molecule has 0 aliphatic carbocycles. The third-order valence-electron chi connectivity index (χ3n) is 2.91. The maximum absolute atomic E-state index is 12.1. The molecule has 0 radical (unpaired) electrons. The zero-order valence-electron chi connectivity index (χ0n) is 10.6. The Labute approximate surface area is 132 Å². The van der Waals surface area contributed by atoms with E-state index in [9.17, 15) is 9.59 Å². The number of hydrazine groups is 1. The van der Waals surface area contributed by atoms with Gasteiger partial charge in [-0.3, -0.25) is 20.4 Å². The van der Waals surface area contributed by atoms with Gasteiger partial charge in [-0.15, -0.1) is 11.3 Å². The van der Waals surface area contributed by atoms with E-state index in [1.54, 1.807) is 17.6 Å². The molecule has 2 aromatic heterocycles. The van der Waals surface area contributed by atoms with Gasteiger partial charge in [0.15, 0.2) is 0 Å². The summed E-state index contributed by atoms with van der Waals surface area (Å²) in [6.45, 7) is 0. The van der Waals surface area contributed by atoms with Crippen molar-refractivity contribution in [1.29, 1.82) is 0 Å². The fraction of sp³-hybridized carbons (Fsp3) is 0. The molecule has 0 saturated heterocycles. The molecule has 2 amide bonds. The molecule has 106 valence electrons. The number of carbonyl (C=O) groups excluding carboxylic acids is 2. The lowest BCUT2D eigenvalue weighted by Gasteiger charge is -2.05. The van der Waals surface area contributed by atoms with E-state index in [1.165, 1.54) is 11.3 Å². The first kappa shape index (κ1) is 13.8. The van der Waals surface area contributed by atoms with Crippen LogP contribution < -0.4 is 10.9 Å². The molecule has 0 aliphatic rings. The third-order valence-corrected chi connectivity index (χ3v) is 4.33. The second kappa shape index (κ2) is 5.71. The van der Waals surface area contributed by atoms with Crippen LogP contribution in [0.15, 0.2) is 46.4 Å². The van der Waals surface area contributed by atoms with Crippen molar-refractivity contribution in [3.05, 3.63) is 57.6 Å². The Hall–Kier alpha value is -2.12. The maximum atomic E-state index is 12.1. The molecule has 0 fully saturated rings. The van der Waals surface area contributed by atoms with Gasteiger partial charge in [-0.1, -0.05) is 18.2 Å². The van der Waals surface area contributed by atoms with Crippen molar-refractivity contribution < 1.29 is 9.59 Å². The van der Waals surface area contributed by atoms with Gasteiger partial charge in [-0.2, -0.15) is 0 Å². The molecule has 0 spiro atoms. The molecule has 1 aromatic carbocycles. The molecule has 3 rings (SSSR count). The van der Waals surface area contributed by atoms with Crippen LogP contribution in [0.2, 0.25) is 0 Å². The number of aromatic nitrogens is 1. The van der Waals surface area contributed by atoms with Crippen molar-refractivity contribution in [2.24, 2.45) is 0 Å². The number of amides is 2. The van der Waals surface area contributed by atoms with Crippen molar-refractivity contribution >= 4 is 49.2 Å². The Bertz CT molecular complexity index is 824. The standard InChI is InChI=1S/C14H10BrN3O2S/c15-8-5-11(16-6-8)14(20)18-17-13(19)10-7-21-12-4-2-1-3-9(10)12/h1-7,16H,(H,17,19)(H,18,20). The van der Waals surface area contributed by atoms with E-state index in [4.69, 9.17) is 0 Å². The van der Waals surface area contributed by atoms with Crippen LogP contribution in [-0.2, 0) is 0 Å². The van der Waals surface area contributed by atoms with E-state index in [2.05, 4.69) is 31.8 Å². The number of hydrogen-bond acceptors (Lipinski definition) is 3. The Morgan fingerprint density at radius 1 is 1.14 bits per heavy atom. The lowest BCUT2D eigenvalue weighted by atomic mass is 10.2. The van der Waals surface area contributed by atoms with Crippen molar-refractivity contribution in [1.82, 2.24) is 15.8 Å². The summed E-state index contributed by atoms with van der Waals surface area (Å²) in [6.07, 6.45) is 1.64. The fourth-order valence-electron chi connectivity index (χ4n) is 1.90. The van der Waals surface area contributed by atoms with Gasteiger partial charge in [-0.25, -0.2) is 0 Å². The van der Waals surface area contributed by atoms with E-state index >= 15 is 0 Å². The smallest absolute Gasteiger partial charge is 0.286 e. The highest BCUT2D eigenvalue weighted by Gasteiger charge is 2.13. The monoisotopic (exact) mass is 363 g/mol. The van der Waals surface area contributed by atoms with Crippen molar-refractivity contribution in [2.75, 3.05) is 0 Å². The molecule has 0 saturated carbocycles. The number of benzene rings is 1. The van der Waals surface area contributed by atoms with Crippen molar-refractivity contribution in [2.45, 2.75) is 0 Å². The molecule has 3 N–H and O–H groups in total. The summed E-state index contributed by atoms with van der Waals surface area (Å²) < 4.78 is 1.80. The van der Waals surface area contributed by atoms with Gasteiger partial charge in [0.1, 0.15) is 5.69 Å². The quantitative estimate of drug-likeness (QED) is 0.612. The first-order valence-corrected chi connectivity index (χ1v) is 7.73. The molecular weight excluding hydrogens is 354 g/mol. The molecule has 0 aliphatic heterocycles. The van der Waals surface area contributed by atoms with Gasteiger partial charge in [-0.05, 0) is 28.1 Å². The van der Waals surface area contributed by atoms with Gasteiger partial charge in [0.2, 0.25) is 0 Å². The predicted octanol–water partition coefficient (Wildman–Crippen LogP) is 3.07. The number of carbonyl (C=O) groups is 2. The second-order valence-corrected chi connectivity index (χ2v) is 6.11. The number of thiophene rings is 1. The third kappa shape index (κ3) is 2.84. The molecule has 21 heavy (non-hydrogen) atoms. The van der Waals surface area contributed by atoms with Gasteiger partial charge in [0.05, 0.1) is 5.56 Å². The minimum atomic E-state index is -0.409. The highest BCUT2D eigenvalue weighted by Crippen LogP contribution is 2.25. The van der Waals surface area contributed by atoms with Gasteiger partial charge >= 0.3 is 0 Å². The minimum Gasteiger partial charge on any atom is -0.356 e. The normalized spacial score (nSPS) is 10.5. The van der Waals surface area contributed by atoms with Crippen molar-refractivity contribution in [3.8, 4) is 0 Å². The summed E-state index contributed by atoms with van der Waals surface area (Å²) in [5, 5.41) is 2.65. The van der Waals surface area contributed by atoms with Crippen molar-refractivity contribution in [3.63, 3.8) is 0 Å². The molecule has 2 heterocycles. The highest BCUT2D eigenvalue weighted by molar-refractivity contribution is 9.10. The number of halogens is 1. The molecule has 0 unspecified atom stereocenters. The molecule has 7 heteroatoms. The van der Waals surface area contributed by atoms with Crippen LogP contribution in [0.4, 0.5) is 0 Å². The van der Waals surface area contributed by atoms with E-state index in [1.807, 2.05) is 24.3 Å². The van der Waals surface area contributed by atoms with Gasteiger partial charge in [0, 0.05) is 26.1 Å². The molecule has 3 aromatic rings. The maximum Gasteiger partial charge on any atom is 0.286 e. The average Bonchev–Trinajstić information content (AvgIpc) is 3.10. The van der Waals surface area contributed by atoms with Crippen LogP contribution in [0, 0.1) is 0 Å². The number of rotatable bonds is 2. The Morgan fingerprint density at radius 3 is 2.67 bits per heavy atom. The molecule has 5 nitrogen and oxygen atoms in total. The van der Waals surface area contributed by atoms with Crippen LogP contribution in [0.1, 0.15) is 20.8 Å². The highest BCUT2D eigenvalue weighted by atomic mass is 79.9. The minimum absolute atomic E-state index is 0.341. The fourth-order valence-corrected chi connectivity index (χ4v) is 3.19. The summed E-state index contributed by atoms with van der Waals surface area (Å²) in [7, 11) is 0. The van der Waals surface area contributed by atoms with E-state index in [-0.39, 0.29) is 5.91 Å². The van der Waals surface area contributed by atoms with Gasteiger partial charge < -0.3 is 4.98 Å². The van der Waals surface area contributed by atoms with Crippen LogP contribution in [-0.4, -0.2) is 16.8 Å². The van der Waals surface area contributed by atoms with E-state index < -0.39 is 5.91 Å². The van der Waals surface area contributed by atoms with Crippen LogP contribution >= 0.6 is 27.3 Å². The number of H-pyrrole nitrogens is 1. The van der Waals surface area contributed by atoms with Crippen LogP contribution in [0.25, 0.3) is 10.1 Å². The lowest BCUT2D eigenvalue weighted by Crippen LogP contribution is -2.41. The topological polar surface area (TPSA) is 74.0 Å². The number of nitrogens with one attached hydrogen (secondary N) is 3. The van der Waals surface area contributed by atoms with Gasteiger partial charge in [0.25, 0.3) is 11.8 Å². The molecule has 0 bridgehead atoms. The SMILES string of the molecule is O=C(NNC(=O)c1csc2ccccc12)c1cc(Br)c[nH]1. The zero-order valence-corrected chi connectivity index (χ0v) is 13.0. The van der Waals surface area contributed by atoms with E-state index in [0.717, 1.165) is 14.6 Å². The number of aromatic amines is 1. The number of hydrogen-bond donors (Lipinski definition) is 3. The average molecular weight is 364 g/mol. The number of fused-ring (bicyclic) bond motifs is 1. The predicted molar refractivity (Wildman–Crippen MR) is 85.3 cm³/mol. The zero-order chi connectivity index (χ0) is 14.8. The lowest BCUT2D eigenvalue weighted by molar-refractivity contribution is 0.0845.